The molecule has 94 valence electrons. The summed E-state index contributed by atoms with van der Waals surface area (Å²) in [4.78, 5) is 10.8. The van der Waals surface area contributed by atoms with Gasteiger partial charge in [0.15, 0.2) is 25.1 Å². The minimum Gasteiger partial charge on any atom is -0.464 e. The first-order valence-electron chi connectivity index (χ1n) is 4.75. The molecule has 0 saturated heterocycles. The van der Waals surface area contributed by atoms with E-state index >= 15 is 0 Å². The molecule has 1 aromatic rings. The molecule has 0 N–H and O–H groups in total. The molecule has 0 atom stereocenters. The van der Waals surface area contributed by atoms with Crippen molar-refractivity contribution in [1.29, 1.82) is 0 Å². The summed E-state index contributed by atoms with van der Waals surface area (Å²) < 4.78 is 21.2. The number of rotatable bonds is 7. The van der Waals surface area contributed by atoms with Gasteiger partial charge in [-0.05, 0) is 34.7 Å². The number of benzene rings is 1. The predicted molar refractivity (Wildman–Crippen MR) is 69.6 cm³/mol. The molecule has 0 unspecified atom stereocenters. The molecule has 0 aromatic heterocycles. The molecule has 5 nitrogen and oxygen atoms in total. The zero-order valence-corrected chi connectivity index (χ0v) is 11.7. The first kappa shape index (κ1) is 14.2. The summed E-state index contributed by atoms with van der Waals surface area (Å²) in [6.45, 7) is 0.196. The van der Waals surface area contributed by atoms with Crippen LogP contribution in [0.3, 0.4) is 0 Å². The van der Waals surface area contributed by atoms with Crippen molar-refractivity contribution >= 4 is 28.9 Å². The molecule has 0 aliphatic heterocycles. The van der Waals surface area contributed by atoms with E-state index in [1.807, 2.05) is 0 Å². The quantitative estimate of drug-likeness (QED) is 0.427. The standard InChI is InChI=1S/C11H13IO5/c1-14-6-16-10-4-8(5-13)3-9(12)11(10)17-7-15-2/h3-5H,6-7H2,1-2H3. The highest BCUT2D eigenvalue weighted by atomic mass is 127. The maximum atomic E-state index is 10.8. The molecule has 0 fully saturated rings. The Balaban J connectivity index is 3.00. The van der Waals surface area contributed by atoms with Gasteiger partial charge in [-0.3, -0.25) is 4.79 Å². The van der Waals surface area contributed by atoms with E-state index < -0.39 is 0 Å². The van der Waals surface area contributed by atoms with Gasteiger partial charge >= 0.3 is 0 Å². The van der Waals surface area contributed by atoms with Crippen LogP contribution >= 0.6 is 22.6 Å². The van der Waals surface area contributed by atoms with Gasteiger partial charge in [0.05, 0.1) is 3.57 Å². The normalized spacial score (nSPS) is 10.1. The Morgan fingerprint density at radius 2 is 1.82 bits per heavy atom. The highest BCUT2D eigenvalue weighted by Crippen LogP contribution is 2.33. The number of hydrogen-bond acceptors (Lipinski definition) is 5. The summed E-state index contributed by atoms with van der Waals surface area (Å²) in [7, 11) is 3.05. The number of methoxy groups -OCH3 is 2. The van der Waals surface area contributed by atoms with Crippen molar-refractivity contribution in [2.45, 2.75) is 0 Å². The van der Waals surface area contributed by atoms with E-state index in [0.717, 1.165) is 9.86 Å². The van der Waals surface area contributed by atoms with Gasteiger partial charge in [-0.2, -0.15) is 0 Å². The maximum Gasteiger partial charge on any atom is 0.188 e. The fourth-order valence-corrected chi connectivity index (χ4v) is 1.92. The SMILES string of the molecule is COCOc1cc(C=O)cc(I)c1OCOC. The number of carbonyl (C=O) groups excluding carboxylic acids is 1. The van der Waals surface area contributed by atoms with E-state index in [0.29, 0.717) is 17.1 Å². The molecule has 1 rings (SSSR count). The zero-order valence-electron chi connectivity index (χ0n) is 9.57. The second kappa shape index (κ2) is 7.46. The number of halogens is 1. The third kappa shape index (κ3) is 4.14. The third-order valence-electron chi connectivity index (χ3n) is 1.82. The van der Waals surface area contributed by atoms with Gasteiger partial charge < -0.3 is 18.9 Å². The molecule has 0 bridgehead atoms. The van der Waals surface area contributed by atoms with Gasteiger partial charge in [0.2, 0.25) is 0 Å². The molecule has 0 aliphatic carbocycles. The minimum absolute atomic E-state index is 0.0851. The second-order valence-electron chi connectivity index (χ2n) is 3.05. The Bertz CT molecular complexity index is 380. The molecule has 0 amide bonds. The summed E-state index contributed by atoms with van der Waals surface area (Å²) in [5, 5.41) is 0. The van der Waals surface area contributed by atoms with Crippen LogP contribution in [0.25, 0.3) is 0 Å². The topological polar surface area (TPSA) is 54.0 Å². The van der Waals surface area contributed by atoms with E-state index in [4.69, 9.17) is 18.9 Å². The van der Waals surface area contributed by atoms with Crippen LogP contribution in [0.5, 0.6) is 11.5 Å². The molecule has 0 spiro atoms. The Morgan fingerprint density at radius 3 is 2.41 bits per heavy atom. The summed E-state index contributed by atoms with van der Waals surface area (Å²) in [6, 6.07) is 3.30. The van der Waals surface area contributed by atoms with Crippen LogP contribution in [0.15, 0.2) is 12.1 Å². The van der Waals surface area contributed by atoms with Gasteiger partial charge in [-0.1, -0.05) is 0 Å². The van der Waals surface area contributed by atoms with Crippen LogP contribution in [0.1, 0.15) is 10.4 Å². The summed E-state index contributed by atoms with van der Waals surface area (Å²) in [5.74, 6) is 0.994. The zero-order chi connectivity index (χ0) is 12.7. The Hall–Kier alpha value is -0.860. The molecule has 1 aromatic carbocycles. The average Bonchev–Trinajstić information content (AvgIpc) is 2.34. The lowest BCUT2D eigenvalue weighted by Gasteiger charge is -2.13. The number of ether oxygens (including phenoxy) is 4. The Kier molecular flexibility index (Phi) is 6.23. The van der Waals surface area contributed by atoms with Crippen molar-refractivity contribution in [2.75, 3.05) is 27.8 Å². The van der Waals surface area contributed by atoms with Crippen LogP contribution in [0.4, 0.5) is 0 Å². The van der Waals surface area contributed by atoms with Gasteiger partial charge in [-0.25, -0.2) is 0 Å². The fraction of sp³-hybridized carbons (Fsp3) is 0.364. The van der Waals surface area contributed by atoms with Crippen molar-refractivity contribution < 1.29 is 23.7 Å². The minimum atomic E-state index is 0.0851. The Morgan fingerprint density at radius 1 is 1.18 bits per heavy atom. The Labute approximate surface area is 113 Å². The van der Waals surface area contributed by atoms with E-state index in [1.165, 1.54) is 14.2 Å². The third-order valence-corrected chi connectivity index (χ3v) is 2.62. The van der Waals surface area contributed by atoms with Crippen LogP contribution in [-0.2, 0) is 9.47 Å². The van der Waals surface area contributed by atoms with Gasteiger partial charge in [-0.15, -0.1) is 0 Å². The molecular weight excluding hydrogens is 339 g/mol. The lowest BCUT2D eigenvalue weighted by atomic mass is 10.2. The molecule has 0 radical (unpaired) electrons. The fourth-order valence-electron chi connectivity index (χ4n) is 1.14. The van der Waals surface area contributed by atoms with Crippen LogP contribution in [0.2, 0.25) is 0 Å². The molecule has 0 saturated carbocycles. The van der Waals surface area contributed by atoms with Gasteiger partial charge in [0.1, 0.15) is 6.29 Å². The predicted octanol–water partition coefficient (Wildman–Crippen LogP) is 2.07. The van der Waals surface area contributed by atoms with Crippen molar-refractivity contribution in [1.82, 2.24) is 0 Å². The van der Waals surface area contributed by atoms with E-state index in [9.17, 15) is 4.79 Å². The average molecular weight is 352 g/mol. The van der Waals surface area contributed by atoms with E-state index in [2.05, 4.69) is 22.6 Å². The van der Waals surface area contributed by atoms with E-state index in [1.54, 1.807) is 12.1 Å². The van der Waals surface area contributed by atoms with Gasteiger partial charge in [0.25, 0.3) is 0 Å². The summed E-state index contributed by atoms with van der Waals surface area (Å²) in [6.07, 6.45) is 0.752. The number of carbonyl (C=O) groups is 1. The lowest BCUT2D eigenvalue weighted by Crippen LogP contribution is -2.06. The molecule has 0 heterocycles. The highest BCUT2D eigenvalue weighted by Gasteiger charge is 2.12. The largest absolute Gasteiger partial charge is 0.464 e. The van der Waals surface area contributed by atoms with Crippen molar-refractivity contribution in [2.24, 2.45) is 0 Å². The number of aldehydes is 1. The molecule has 17 heavy (non-hydrogen) atoms. The summed E-state index contributed by atoms with van der Waals surface area (Å²) in [5.41, 5.74) is 0.519. The monoisotopic (exact) mass is 352 g/mol. The summed E-state index contributed by atoms with van der Waals surface area (Å²) >= 11 is 2.07. The molecule has 6 heteroatoms. The van der Waals surface area contributed by atoms with Crippen molar-refractivity contribution in [3.63, 3.8) is 0 Å². The van der Waals surface area contributed by atoms with Crippen LogP contribution in [-0.4, -0.2) is 34.1 Å². The number of hydrogen-bond donors (Lipinski definition) is 0. The van der Waals surface area contributed by atoms with Crippen LogP contribution < -0.4 is 9.47 Å². The smallest absolute Gasteiger partial charge is 0.188 e. The molecule has 0 aliphatic rings. The second-order valence-corrected chi connectivity index (χ2v) is 4.21. The van der Waals surface area contributed by atoms with Gasteiger partial charge in [0, 0.05) is 19.8 Å². The molecular formula is C11H13IO5. The first-order valence-corrected chi connectivity index (χ1v) is 5.83. The lowest BCUT2D eigenvalue weighted by molar-refractivity contribution is 0.0317. The first-order chi connectivity index (χ1) is 8.22. The van der Waals surface area contributed by atoms with Crippen molar-refractivity contribution in [3.05, 3.63) is 21.3 Å². The van der Waals surface area contributed by atoms with Crippen molar-refractivity contribution in [3.8, 4) is 11.5 Å². The maximum absolute atomic E-state index is 10.8. The highest BCUT2D eigenvalue weighted by molar-refractivity contribution is 14.1. The van der Waals surface area contributed by atoms with E-state index in [-0.39, 0.29) is 13.6 Å². The van der Waals surface area contributed by atoms with Crippen LogP contribution in [0, 0.1) is 3.57 Å².